The zero-order chi connectivity index (χ0) is 25.2. The molecular formula is C29H29F5O. The van der Waals surface area contributed by atoms with Crippen molar-refractivity contribution in [1.82, 2.24) is 0 Å². The van der Waals surface area contributed by atoms with Crippen LogP contribution in [0.2, 0.25) is 0 Å². The van der Waals surface area contributed by atoms with Gasteiger partial charge < -0.3 is 4.74 Å². The summed E-state index contributed by atoms with van der Waals surface area (Å²) in [6, 6.07) is 12.8. The highest BCUT2D eigenvalue weighted by Gasteiger charge is 2.31. The molecule has 0 spiro atoms. The van der Waals surface area contributed by atoms with Gasteiger partial charge in [0.25, 0.3) is 0 Å². The molecule has 0 amide bonds. The van der Waals surface area contributed by atoms with E-state index in [9.17, 15) is 17.6 Å². The Morgan fingerprint density at radius 3 is 2.20 bits per heavy atom. The van der Waals surface area contributed by atoms with Gasteiger partial charge in [-0.2, -0.15) is 13.2 Å². The highest BCUT2D eigenvalue weighted by atomic mass is 19.4. The largest absolute Gasteiger partial charge is 0.453 e. The summed E-state index contributed by atoms with van der Waals surface area (Å²) in [5, 5.41) is 0. The van der Waals surface area contributed by atoms with Crippen molar-refractivity contribution in [1.29, 1.82) is 0 Å². The average Bonchev–Trinajstić information content (AvgIpc) is 2.83. The number of hydrogen-bond donors (Lipinski definition) is 0. The minimum absolute atomic E-state index is 0.0450. The van der Waals surface area contributed by atoms with Gasteiger partial charge in [0.05, 0.1) is 5.56 Å². The van der Waals surface area contributed by atoms with Crippen LogP contribution in [-0.4, -0.2) is 0 Å². The third kappa shape index (κ3) is 5.52. The number of aryl methyl sites for hydroxylation is 1. The molecule has 0 aromatic heterocycles. The number of ether oxygens (including phenoxy) is 1. The number of hydrogen-bond acceptors (Lipinski definition) is 1. The Balaban J connectivity index is 1.65. The van der Waals surface area contributed by atoms with Crippen LogP contribution in [0.3, 0.4) is 0 Å². The van der Waals surface area contributed by atoms with Gasteiger partial charge in [0.15, 0.2) is 11.6 Å². The average molecular weight is 489 g/mol. The first-order valence-electron chi connectivity index (χ1n) is 12.1. The molecule has 1 aliphatic rings. The summed E-state index contributed by atoms with van der Waals surface area (Å²) in [7, 11) is 0. The summed E-state index contributed by atoms with van der Waals surface area (Å²) in [5.74, 6) is -0.587. The Bertz CT molecular complexity index is 1160. The maximum atomic E-state index is 15.7. The first-order valence-corrected chi connectivity index (χ1v) is 12.1. The van der Waals surface area contributed by atoms with Crippen molar-refractivity contribution >= 4 is 0 Å². The second kappa shape index (κ2) is 10.4. The Morgan fingerprint density at radius 1 is 0.914 bits per heavy atom. The molecule has 35 heavy (non-hydrogen) atoms. The number of alkyl halides is 3. The van der Waals surface area contributed by atoms with Gasteiger partial charge in [0, 0.05) is 11.1 Å². The van der Waals surface area contributed by atoms with Crippen molar-refractivity contribution in [2.24, 2.45) is 5.92 Å². The third-order valence-electron chi connectivity index (χ3n) is 6.97. The molecule has 0 aliphatic heterocycles. The van der Waals surface area contributed by atoms with Crippen molar-refractivity contribution in [3.8, 4) is 22.6 Å². The molecular weight excluding hydrogens is 459 g/mol. The van der Waals surface area contributed by atoms with E-state index in [1.165, 1.54) is 18.2 Å². The van der Waals surface area contributed by atoms with E-state index < -0.39 is 23.4 Å². The van der Waals surface area contributed by atoms with E-state index >= 15 is 4.39 Å². The van der Waals surface area contributed by atoms with Crippen LogP contribution in [0.5, 0.6) is 11.5 Å². The van der Waals surface area contributed by atoms with E-state index in [4.69, 9.17) is 4.74 Å². The van der Waals surface area contributed by atoms with E-state index in [1.807, 2.05) is 0 Å². The molecule has 6 heteroatoms. The fraction of sp³-hybridized carbons (Fsp3) is 0.379. The van der Waals surface area contributed by atoms with E-state index in [0.29, 0.717) is 28.4 Å². The fourth-order valence-corrected chi connectivity index (χ4v) is 5.12. The van der Waals surface area contributed by atoms with Gasteiger partial charge >= 0.3 is 6.18 Å². The van der Waals surface area contributed by atoms with Crippen LogP contribution in [0.15, 0.2) is 54.6 Å². The van der Waals surface area contributed by atoms with Crippen molar-refractivity contribution in [2.75, 3.05) is 0 Å². The molecule has 0 radical (unpaired) electrons. The SMILES string of the molecule is CCCC1CCC(c2c(F)cc(C)c(Oc3ccccc3-c3ccc(C(F)(F)F)cc3)c2F)CC1. The molecule has 1 saturated carbocycles. The molecule has 3 aromatic carbocycles. The standard InChI is InChI=1S/C29H29F5O/c1-3-6-19-9-11-21(12-10-19)26-24(30)17-18(2)28(27(26)31)35-25-8-5-4-7-23(25)20-13-15-22(16-14-20)29(32,33)34/h4-5,7-8,13-17,19,21H,3,6,9-12H2,1-2H3. The lowest BCUT2D eigenvalue weighted by Crippen LogP contribution is -2.16. The number of para-hydroxylation sites is 1. The van der Waals surface area contributed by atoms with E-state index in [2.05, 4.69) is 6.92 Å². The van der Waals surface area contributed by atoms with Gasteiger partial charge in [-0.1, -0.05) is 50.1 Å². The molecule has 4 rings (SSSR count). The zero-order valence-corrected chi connectivity index (χ0v) is 19.9. The first kappa shape index (κ1) is 25.2. The molecule has 0 bridgehead atoms. The molecule has 1 nitrogen and oxygen atoms in total. The Kier molecular flexibility index (Phi) is 7.48. The van der Waals surface area contributed by atoms with E-state index in [0.717, 1.165) is 50.7 Å². The molecule has 0 atom stereocenters. The Morgan fingerprint density at radius 2 is 1.57 bits per heavy atom. The monoisotopic (exact) mass is 488 g/mol. The van der Waals surface area contributed by atoms with E-state index in [-0.39, 0.29) is 17.2 Å². The van der Waals surface area contributed by atoms with Crippen molar-refractivity contribution in [3.63, 3.8) is 0 Å². The molecule has 0 unspecified atom stereocenters. The van der Waals surface area contributed by atoms with Gasteiger partial charge in [-0.15, -0.1) is 0 Å². The van der Waals surface area contributed by atoms with Crippen LogP contribution in [-0.2, 0) is 6.18 Å². The number of rotatable bonds is 6. The number of halogens is 5. The quantitative estimate of drug-likeness (QED) is 0.314. The minimum atomic E-state index is -4.44. The summed E-state index contributed by atoms with van der Waals surface area (Å²) in [6.45, 7) is 3.74. The van der Waals surface area contributed by atoms with Crippen LogP contribution >= 0.6 is 0 Å². The van der Waals surface area contributed by atoms with Crippen molar-refractivity contribution in [3.05, 3.63) is 82.9 Å². The highest BCUT2D eigenvalue weighted by molar-refractivity contribution is 5.71. The van der Waals surface area contributed by atoms with Gasteiger partial charge in [-0.05, 0) is 79.8 Å². The number of benzene rings is 3. The van der Waals surface area contributed by atoms with Crippen LogP contribution < -0.4 is 4.74 Å². The maximum absolute atomic E-state index is 15.7. The maximum Gasteiger partial charge on any atom is 0.416 e. The smallest absolute Gasteiger partial charge is 0.416 e. The molecule has 1 fully saturated rings. The third-order valence-corrected chi connectivity index (χ3v) is 6.97. The summed E-state index contributed by atoms with van der Waals surface area (Å²) in [5.41, 5.74) is 0.672. The summed E-state index contributed by atoms with van der Waals surface area (Å²) in [6.07, 6.45) is 1.21. The van der Waals surface area contributed by atoms with Crippen LogP contribution in [0.4, 0.5) is 22.0 Å². The second-order valence-corrected chi connectivity index (χ2v) is 9.41. The molecule has 0 saturated heterocycles. The molecule has 0 heterocycles. The van der Waals surface area contributed by atoms with Gasteiger partial charge in [-0.3, -0.25) is 0 Å². The molecule has 3 aromatic rings. The summed E-state index contributed by atoms with van der Waals surface area (Å²) < 4.78 is 75.6. The van der Waals surface area contributed by atoms with Gasteiger partial charge in [-0.25, -0.2) is 8.78 Å². The lowest BCUT2D eigenvalue weighted by molar-refractivity contribution is -0.137. The van der Waals surface area contributed by atoms with Gasteiger partial charge in [0.1, 0.15) is 11.6 Å². The van der Waals surface area contributed by atoms with Crippen molar-refractivity contribution < 1.29 is 26.7 Å². The Hall–Kier alpha value is -2.89. The predicted octanol–water partition coefficient (Wildman–Crippen LogP) is 9.83. The summed E-state index contributed by atoms with van der Waals surface area (Å²) >= 11 is 0. The van der Waals surface area contributed by atoms with Crippen LogP contribution in [0, 0.1) is 24.5 Å². The molecule has 0 N–H and O–H groups in total. The van der Waals surface area contributed by atoms with Crippen LogP contribution in [0.25, 0.3) is 11.1 Å². The molecule has 186 valence electrons. The molecule has 1 aliphatic carbocycles. The summed E-state index contributed by atoms with van der Waals surface area (Å²) in [4.78, 5) is 0. The van der Waals surface area contributed by atoms with E-state index in [1.54, 1.807) is 31.2 Å². The predicted molar refractivity (Wildman–Crippen MR) is 128 cm³/mol. The lowest BCUT2D eigenvalue weighted by Gasteiger charge is -2.29. The lowest BCUT2D eigenvalue weighted by atomic mass is 9.77. The van der Waals surface area contributed by atoms with Gasteiger partial charge in [0.2, 0.25) is 0 Å². The van der Waals surface area contributed by atoms with Crippen molar-refractivity contribution in [2.45, 2.75) is 64.5 Å². The normalized spacial score (nSPS) is 18.5. The van der Waals surface area contributed by atoms with Crippen LogP contribution in [0.1, 0.15) is 68.1 Å². The second-order valence-electron chi connectivity index (χ2n) is 9.41. The topological polar surface area (TPSA) is 9.23 Å². The first-order chi connectivity index (χ1) is 16.7. The highest BCUT2D eigenvalue weighted by Crippen LogP contribution is 2.44. The zero-order valence-electron chi connectivity index (χ0n) is 19.9. The fourth-order valence-electron chi connectivity index (χ4n) is 5.12. The Labute approximate surface area is 202 Å². The minimum Gasteiger partial charge on any atom is -0.453 e.